The highest BCUT2D eigenvalue weighted by atomic mass is 16.5. The monoisotopic (exact) mass is 451 g/mol. The highest BCUT2D eigenvalue weighted by molar-refractivity contribution is 5.87. The van der Waals surface area contributed by atoms with Crippen LogP contribution in [-0.4, -0.2) is 40.9 Å². The zero-order valence-corrected chi connectivity index (χ0v) is 19.0. The van der Waals surface area contributed by atoms with Crippen LogP contribution in [0.15, 0.2) is 53.3 Å². The number of carbonyl (C=O) groups excluding carboxylic acids is 1. The molecule has 33 heavy (non-hydrogen) atoms. The summed E-state index contributed by atoms with van der Waals surface area (Å²) in [6.45, 7) is 5.46. The van der Waals surface area contributed by atoms with E-state index in [0.29, 0.717) is 49.3 Å². The van der Waals surface area contributed by atoms with Crippen molar-refractivity contribution in [2.45, 2.75) is 39.5 Å². The molecule has 174 valence electrons. The molecular formula is C25H29N3O5. The summed E-state index contributed by atoms with van der Waals surface area (Å²) >= 11 is 0. The van der Waals surface area contributed by atoms with Crippen LogP contribution >= 0.6 is 0 Å². The van der Waals surface area contributed by atoms with Crippen LogP contribution in [0.5, 0.6) is 11.5 Å². The normalized spacial score (nSPS) is 11.0. The Balaban J connectivity index is 1.44. The van der Waals surface area contributed by atoms with Gasteiger partial charge in [0, 0.05) is 30.5 Å². The van der Waals surface area contributed by atoms with Gasteiger partial charge in [0.15, 0.2) is 11.5 Å². The lowest BCUT2D eigenvalue weighted by Gasteiger charge is -2.12. The fraction of sp³-hybridized carbons (Fsp3) is 0.360. The summed E-state index contributed by atoms with van der Waals surface area (Å²) in [6, 6.07) is 9.26. The molecule has 0 radical (unpaired) electrons. The van der Waals surface area contributed by atoms with Crippen molar-refractivity contribution >= 4 is 12.0 Å². The van der Waals surface area contributed by atoms with E-state index in [1.54, 1.807) is 18.5 Å². The molecule has 0 atom stereocenters. The first kappa shape index (κ1) is 24.0. The van der Waals surface area contributed by atoms with Gasteiger partial charge >= 0.3 is 5.97 Å². The number of carbonyl (C=O) groups is 1. The van der Waals surface area contributed by atoms with E-state index >= 15 is 0 Å². The summed E-state index contributed by atoms with van der Waals surface area (Å²) in [5, 5.41) is 3.95. The minimum absolute atomic E-state index is 0.252. The average Bonchev–Trinajstić information content (AvgIpc) is 3.31. The van der Waals surface area contributed by atoms with Gasteiger partial charge in [0.2, 0.25) is 11.7 Å². The maximum atomic E-state index is 12.0. The Morgan fingerprint density at radius 1 is 1.09 bits per heavy atom. The van der Waals surface area contributed by atoms with Gasteiger partial charge in [0.25, 0.3) is 0 Å². The Bertz CT molecular complexity index is 1030. The van der Waals surface area contributed by atoms with Crippen molar-refractivity contribution in [3.63, 3.8) is 0 Å². The Morgan fingerprint density at radius 2 is 2.00 bits per heavy atom. The highest BCUT2D eigenvalue weighted by Gasteiger charge is 2.09. The second-order valence-corrected chi connectivity index (χ2v) is 7.20. The number of pyridine rings is 1. The molecule has 0 bridgehead atoms. The fourth-order valence-electron chi connectivity index (χ4n) is 2.92. The molecule has 0 fully saturated rings. The minimum atomic E-state index is -0.419. The van der Waals surface area contributed by atoms with Gasteiger partial charge in [-0.1, -0.05) is 24.6 Å². The predicted octanol–water partition coefficient (Wildman–Crippen LogP) is 4.90. The first-order chi connectivity index (χ1) is 16.2. The van der Waals surface area contributed by atoms with Gasteiger partial charge in [0.05, 0.1) is 19.8 Å². The van der Waals surface area contributed by atoms with E-state index in [9.17, 15) is 4.79 Å². The second kappa shape index (κ2) is 13.0. The van der Waals surface area contributed by atoms with Crippen LogP contribution in [0.1, 0.15) is 44.6 Å². The lowest BCUT2D eigenvalue weighted by atomic mass is 10.2. The molecule has 0 aliphatic carbocycles. The number of unbranched alkanes of at least 4 members (excludes halogenated alkanes) is 1. The van der Waals surface area contributed by atoms with E-state index in [0.717, 1.165) is 24.0 Å². The first-order valence-electron chi connectivity index (χ1n) is 11.2. The number of hydrogen-bond donors (Lipinski definition) is 0. The smallest absolute Gasteiger partial charge is 0.330 e. The molecule has 8 nitrogen and oxygen atoms in total. The lowest BCUT2D eigenvalue weighted by molar-refractivity contribution is -0.137. The Morgan fingerprint density at radius 3 is 2.79 bits per heavy atom. The van der Waals surface area contributed by atoms with Gasteiger partial charge in [-0.15, -0.1) is 0 Å². The Kier molecular flexibility index (Phi) is 9.45. The predicted molar refractivity (Wildman–Crippen MR) is 124 cm³/mol. The molecule has 3 aromatic rings. The molecule has 1 aromatic carbocycles. The second-order valence-electron chi connectivity index (χ2n) is 7.20. The maximum Gasteiger partial charge on any atom is 0.330 e. The maximum absolute atomic E-state index is 12.0. The number of ether oxygens (including phenoxy) is 3. The van der Waals surface area contributed by atoms with E-state index in [1.807, 2.05) is 37.3 Å². The van der Waals surface area contributed by atoms with Crippen LogP contribution in [-0.2, 0) is 16.0 Å². The molecular weight excluding hydrogens is 422 g/mol. The third-order valence-corrected chi connectivity index (χ3v) is 4.60. The lowest BCUT2D eigenvalue weighted by Crippen LogP contribution is -2.03. The van der Waals surface area contributed by atoms with E-state index in [2.05, 4.69) is 22.0 Å². The molecule has 2 heterocycles. The summed E-state index contributed by atoms with van der Waals surface area (Å²) < 4.78 is 21.9. The minimum Gasteiger partial charge on any atom is -0.490 e. The number of esters is 1. The quantitative estimate of drug-likeness (QED) is 0.206. The van der Waals surface area contributed by atoms with Crippen LogP contribution < -0.4 is 9.47 Å². The van der Waals surface area contributed by atoms with Gasteiger partial charge in [-0.2, -0.15) is 4.98 Å². The van der Waals surface area contributed by atoms with Gasteiger partial charge in [-0.05, 0) is 55.7 Å². The van der Waals surface area contributed by atoms with Crippen LogP contribution in [0, 0.1) is 0 Å². The molecule has 0 N–H and O–H groups in total. The summed E-state index contributed by atoms with van der Waals surface area (Å²) in [6.07, 6.45) is 9.59. The molecule has 8 heteroatoms. The van der Waals surface area contributed by atoms with Gasteiger partial charge in [-0.3, -0.25) is 4.98 Å². The SMILES string of the molecule is CCCCOc1ccc(/C=C/C(=O)OCCCc2nc(-c3cccnc3)no2)cc1OCC. The molecule has 0 saturated carbocycles. The average molecular weight is 452 g/mol. The summed E-state index contributed by atoms with van der Waals surface area (Å²) in [4.78, 5) is 20.4. The third kappa shape index (κ3) is 7.75. The number of rotatable bonds is 13. The topological polar surface area (TPSA) is 96.6 Å². The van der Waals surface area contributed by atoms with Crippen molar-refractivity contribution in [1.29, 1.82) is 0 Å². The number of aromatic nitrogens is 3. The van der Waals surface area contributed by atoms with Gasteiger partial charge < -0.3 is 18.7 Å². The van der Waals surface area contributed by atoms with Crippen molar-refractivity contribution in [2.24, 2.45) is 0 Å². The number of nitrogens with zero attached hydrogens (tertiary/aromatic N) is 3. The molecule has 2 aromatic heterocycles. The van der Waals surface area contributed by atoms with Crippen molar-refractivity contribution in [3.05, 3.63) is 60.3 Å². The Labute approximate surface area is 193 Å². The first-order valence-corrected chi connectivity index (χ1v) is 11.2. The van der Waals surface area contributed by atoms with Gasteiger partial charge in [-0.25, -0.2) is 4.79 Å². The van der Waals surface area contributed by atoms with E-state index in [4.69, 9.17) is 18.7 Å². The van der Waals surface area contributed by atoms with E-state index in [-0.39, 0.29) is 6.61 Å². The molecule has 0 aliphatic heterocycles. The Hall–Kier alpha value is -3.68. The molecule has 0 saturated heterocycles. The van der Waals surface area contributed by atoms with Crippen LogP contribution in [0.25, 0.3) is 17.5 Å². The van der Waals surface area contributed by atoms with Crippen LogP contribution in [0.4, 0.5) is 0 Å². The number of benzene rings is 1. The van der Waals surface area contributed by atoms with Gasteiger partial charge in [0.1, 0.15) is 0 Å². The zero-order chi connectivity index (χ0) is 23.3. The summed E-state index contributed by atoms with van der Waals surface area (Å²) in [7, 11) is 0. The zero-order valence-electron chi connectivity index (χ0n) is 19.0. The third-order valence-electron chi connectivity index (χ3n) is 4.60. The largest absolute Gasteiger partial charge is 0.490 e. The van der Waals surface area contributed by atoms with E-state index in [1.165, 1.54) is 6.08 Å². The summed E-state index contributed by atoms with van der Waals surface area (Å²) in [5.74, 6) is 1.93. The van der Waals surface area contributed by atoms with Crippen molar-refractivity contribution in [1.82, 2.24) is 15.1 Å². The number of hydrogen-bond acceptors (Lipinski definition) is 8. The van der Waals surface area contributed by atoms with Crippen LogP contribution in [0.3, 0.4) is 0 Å². The van der Waals surface area contributed by atoms with E-state index < -0.39 is 5.97 Å². The van der Waals surface area contributed by atoms with Crippen molar-refractivity contribution in [3.8, 4) is 22.9 Å². The number of aryl methyl sites for hydroxylation is 1. The molecule has 0 spiro atoms. The molecule has 3 rings (SSSR count). The standard InChI is InChI=1S/C25H29N3O5/c1-3-5-15-31-21-12-10-19(17-22(21)30-4-2)11-13-24(29)32-16-7-9-23-27-25(28-33-23)20-8-6-14-26-18-20/h6,8,10-14,17-18H,3-5,7,9,15-16H2,1-2H3/b13-11+. The summed E-state index contributed by atoms with van der Waals surface area (Å²) in [5.41, 5.74) is 1.61. The van der Waals surface area contributed by atoms with Crippen LogP contribution in [0.2, 0.25) is 0 Å². The molecule has 0 aliphatic rings. The fourth-order valence-corrected chi connectivity index (χ4v) is 2.92. The van der Waals surface area contributed by atoms with Crippen molar-refractivity contribution < 1.29 is 23.5 Å². The highest BCUT2D eigenvalue weighted by Crippen LogP contribution is 2.29. The van der Waals surface area contributed by atoms with Crippen molar-refractivity contribution in [2.75, 3.05) is 19.8 Å². The molecule has 0 amide bonds. The molecule has 0 unspecified atom stereocenters.